The zero-order valence-corrected chi connectivity index (χ0v) is 9.83. The van der Waals surface area contributed by atoms with Crippen LogP contribution in [0.25, 0.3) is 11.1 Å². The van der Waals surface area contributed by atoms with Gasteiger partial charge < -0.3 is 0 Å². The minimum Gasteiger partial charge on any atom is -0.264 e. The molecule has 7 heteroatoms. The minimum absolute atomic E-state index is 0.0486. The summed E-state index contributed by atoms with van der Waals surface area (Å²) in [6.45, 7) is 0. The Bertz CT molecular complexity index is 542. The van der Waals surface area contributed by atoms with Gasteiger partial charge in [-0.1, -0.05) is 0 Å². The lowest BCUT2D eigenvalue weighted by molar-refractivity contribution is -0.137. The molecule has 0 aliphatic heterocycles. The van der Waals surface area contributed by atoms with E-state index in [2.05, 4.69) is 30.9 Å². The van der Waals surface area contributed by atoms with Crippen molar-refractivity contribution in [3.8, 4) is 11.1 Å². The first-order chi connectivity index (χ1) is 8.00. The van der Waals surface area contributed by atoms with Crippen LogP contribution in [0.3, 0.4) is 0 Å². The van der Waals surface area contributed by atoms with E-state index in [4.69, 9.17) is 0 Å². The topological polar surface area (TPSA) is 38.7 Å². The molecule has 3 nitrogen and oxygen atoms in total. The Labute approximate surface area is 103 Å². The summed E-state index contributed by atoms with van der Waals surface area (Å²) in [6.07, 6.45) is 0.365. The molecule has 2 aromatic heterocycles. The van der Waals surface area contributed by atoms with Gasteiger partial charge in [-0.25, -0.2) is 9.97 Å². The van der Waals surface area contributed by atoms with Crippen molar-refractivity contribution >= 4 is 15.9 Å². The lowest BCUT2D eigenvalue weighted by Gasteiger charge is -2.12. The molecule has 0 N–H and O–H groups in total. The summed E-state index contributed by atoms with van der Waals surface area (Å²) >= 11 is 3.09. The first-order valence-corrected chi connectivity index (χ1v) is 5.26. The largest absolute Gasteiger partial charge is 0.417 e. The van der Waals surface area contributed by atoms with Gasteiger partial charge in [-0.05, 0) is 22.0 Å². The van der Waals surface area contributed by atoms with Crippen LogP contribution in [-0.4, -0.2) is 15.0 Å². The van der Waals surface area contributed by atoms with Crippen LogP contribution in [0.15, 0.2) is 35.6 Å². The number of pyridine rings is 1. The quantitative estimate of drug-likeness (QED) is 0.759. The SMILES string of the molecule is FC(F)(F)c1ccncc1-c1cncnc1Br. The first kappa shape index (κ1) is 12.0. The summed E-state index contributed by atoms with van der Waals surface area (Å²) in [4.78, 5) is 11.2. The average molecular weight is 304 g/mol. The number of hydrogen-bond donors (Lipinski definition) is 0. The maximum absolute atomic E-state index is 12.8. The second-order valence-electron chi connectivity index (χ2n) is 3.15. The average Bonchev–Trinajstić information content (AvgIpc) is 2.28. The summed E-state index contributed by atoms with van der Waals surface area (Å²) in [5.41, 5.74) is -0.552. The fourth-order valence-electron chi connectivity index (χ4n) is 1.35. The molecule has 0 aromatic carbocycles. The highest BCUT2D eigenvalue weighted by Crippen LogP contribution is 2.37. The monoisotopic (exact) mass is 303 g/mol. The van der Waals surface area contributed by atoms with Crippen molar-refractivity contribution in [3.05, 3.63) is 41.2 Å². The fourth-order valence-corrected chi connectivity index (χ4v) is 1.76. The van der Waals surface area contributed by atoms with Gasteiger partial charge in [-0.2, -0.15) is 13.2 Å². The molecular weight excluding hydrogens is 299 g/mol. The summed E-state index contributed by atoms with van der Waals surface area (Å²) < 4.78 is 38.6. The Kier molecular flexibility index (Phi) is 3.10. The highest BCUT2D eigenvalue weighted by atomic mass is 79.9. The Morgan fingerprint density at radius 2 is 1.76 bits per heavy atom. The van der Waals surface area contributed by atoms with Gasteiger partial charge in [0.2, 0.25) is 0 Å². The fraction of sp³-hybridized carbons (Fsp3) is 0.100. The van der Waals surface area contributed by atoms with Crippen molar-refractivity contribution in [2.24, 2.45) is 0 Å². The van der Waals surface area contributed by atoms with Crippen LogP contribution in [-0.2, 0) is 6.18 Å². The van der Waals surface area contributed by atoms with Crippen molar-refractivity contribution in [1.29, 1.82) is 0 Å². The third-order valence-electron chi connectivity index (χ3n) is 2.08. The Morgan fingerprint density at radius 3 is 2.41 bits per heavy atom. The van der Waals surface area contributed by atoms with E-state index in [1.807, 2.05) is 0 Å². The lowest BCUT2D eigenvalue weighted by atomic mass is 10.1. The van der Waals surface area contributed by atoms with Crippen LogP contribution in [0, 0.1) is 0 Å². The summed E-state index contributed by atoms with van der Waals surface area (Å²) in [7, 11) is 0. The van der Waals surface area contributed by atoms with E-state index >= 15 is 0 Å². The summed E-state index contributed by atoms with van der Waals surface area (Å²) in [5, 5.41) is 0. The van der Waals surface area contributed by atoms with Gasteiger partial charge in [-0.3, -0.25) is 4.98 Å². The van der Waals surface area contributed by atoms with Gasteiger partial charge in [0, 0.05) is 29.7 Å². The molecule has 17 heavy (non-hydrogen) atoms. The van der Waals surface area contributed by atoms with Crippen LogP contribution >= 0.6 is 15.9 Å². The lowest BCUT2D eigenvalue weighted by Crippen LogP contribution is -2.07. The van der Waals surface area contributed by atoms with Gasteiger partial charge >= 0.3 is 6.18 Å². The van der Waals surface area contributed by atoms with Crippen molar-refractivity contribution in [1.82, 2.24) is 15.0 Å². The number of hydrogen-bond acceptors (Lipinski definition) is 3. The normalized spacial score (nSPS) is 11.5. The molecule has 2 heterocycles. The van der Waals surface area contributed by atoms with Crippen LogP contribution < -0.4 is 0 Å². The molecule has 0 amide bonds. The maximum Gasteiger partial charge on any atom is 0.417 e. The standard InChI is InChI=1S/C10H5BrF3N3/c11-9-7(4-16-5-17-9)6-3-15-2-1-8(6)10(12,13)14/h1-5H. The smallest absolute Gasteiger partial charge is 0.264 e. The highest BCUT2D eigenvalue weighted by molar-refractivity contribution is 9.10. The molecule has 0 aliphatic rings. The molecule has 2 aromatic rings. The molecule has 0 saturated carbocycles. The van der Waals surface area contributed by atoms with Crippen LogP contribution in [0.5, 0.6) is 0 Å². The number of nitrogens with zero attached hydrogens (tertiary/aromatic N) is 3. The van der Waals surface area contributed by atoms with Crippen molar-refractivity contribution < 1.29 is 13.2 Å². The van der Waals surface area contributed by atoms with E-state index in [9.17, 15) is 13.2 Å². The predicted octanol–water partition coefficient (Wildman–Crippen LogP) is 3.32. The molecule has 2 rings (SSSR count). The van der Waals surface area contributed by atoms with E-state index in [1.165, 1.54) is 12.5 Å². The van der Waals surface area contributed by atoms with Gasteiger partial charge in [0.15, 0.2) is 0 Å². The Morgan fingerprint density at radius 1 is 1.06 bits per heavy atom. The van der Waals surface area contributed by atoms with E-state index in [-0.39, 0.29) is 11.1 Å². The molecular formula is C10H5BrF3N3. The summed E-state index contributed by atoms with van der Waals surface area (Å²) in [6, 6.07) is 0.925. The van der Waals surface area contributed by atoms with Crippen molar-refractivity contribution in [2.45, 2.75) is 6.18 Å². The molecule has 0 saturated heterocycles. The zero-order chi connectivity index (χ0) is 12.5. The third kappa shape index (κ3) is 2.44. The number of rotatable bonds is 1. The van der Waals surface area contributed by atoms with Gasteiger partial charge in [0.25, 0.3) is 0 Å². The molecule has 0 atom stereocenters. The molecule has 0 fully saturated rings. The summed E-state index contributed by atoms with van der Waals surface area (Å²) in [5.74, 6) is 0. The highest BCUT2D eigenvalue weighted by Gasteiger charge is 2.34. The second kappa shape index (κ2) is 4.40. The maximum atomic E-state index is 12.8. The molecule has 0 spiro atoms. The van der Waals surface area contributed by atoms with Gasteiger partial charge in [0.1, 0.15) is 10.9 Å². The molecule has 0 bridgehead atoms. The van der Waals surface area contributed by atoms with E-state index < -0.39 is 11.7 Å². The van der Waals surface area contributed by atoms with E-state index in [0.717, 1.165) is 18.5 Å². The second-order valence-corrected chi connectivity index (χ2v) is 3.90. The Balaban J connectivity index is 2.65. The van der Waals surface area contributed by atoms with E-state index in [1.54, 1.807) is 0 Å². The van der Waals surface area contributed by atoms with Gasteiger partial charge in [0.05, 0.1) is 5.56 Å². The zero-order valence-electron chi connectivity index (χ0n) is 8.24. The molecule has 0 radical (unpaired) electrons. The molecule has 0 aliphatic carbocycles. The molecule has 88 valence electrons. The minimum atomic E-state index is -4.44. The third-order valence-corrected chi connectivity index (χ3v) is 2.71. The van der Waals surface area contributed by atoms with Crippen LogP contribution in [0.4, 0.5) is 13.2 Å². The predicted molar refractivity (Wildman–Crippen MR) is 58.0 cm³/mol. The number of halogens is 4. The van der Waals surface area contributed by atoms with Crippen molar-refractivity contribution in [2.75, 3.05) is 0 Å². The van der Waals surface area contributed by atoms with Crippen LogP contribution in [0.2, 0.25) is 0 Å². The van der Waals surface area contributed by atoms with Crippen molar-refractivity contribution in [3.63, 3.8) is 0 Å². The molecule has 0 unspecified atom stereocenters. The van der Waals surface area contributed by atoms with Crippen LogP contribution in [0.1, 0.15) is 5.56 Å². The number of alkyl halides is 3. The Hall–Kier alpha value is -1.50. The van der Waals surface area contributed by atoms with Gasteiger partial charge in [-0.15, -0.1) is 0 Å². The number of aromatic nitrogens is 3. The van der Waals surface area contributed by atoms with E-state index in [0.29, 0.717) is 4.60 Å². The first-order valence-electron chi connectivity index (χ1n) is 4.47.